The number of aliphatic carboxylic acids is 1. The number of hydrogen-bond acceptors (Lipinski definition) is 6. The number of carboxylic acids is 2. The molecule has 0 spiro atoms. The summed E-state index contributed by atoms with van der Waals surface area (Å²) in [4.78, 5) is 51.1. The molecule has 0 saturated carbocycles. The van der Waals surface area contributed by atoms with Crippen molar-refractivity contribution >= 4 is 39.4 Å². The molecule has 1 aliphatic heterocycles. The number of carbonyl (C=O) groups excluding carboxylic acids is 2. The molecule has 0 saturated heterocycles. The number of ether oxygens (including phenoxy) is 1. The number of benzene rings is 2. The van der Waals surface area contributed by atoms with E-state index in [0.717, 1.165) is 22.5 Å². The summed E-state index contributed by atoms with van der Waals surface area (Å²) in [7, 11) is 0. The zero-order valence-electron chi connectivity index (χ0n) is 21.2. The van der Waals surface area contributed by atoms with E-state index in [-0.39, 0.29) is 36.7 Å². The fraction of sp³-hybridized carbons (Fsp3) is 0.333. The number of halogens is 1. The average Bonchev–Trinajstić information content (AvgIpc) is 2.91. The van der Waals surface area contributed by atoms with Crippen LogP contribution >= 0.6 is 15.9 Å². The van der Waals surface area contributed by atoms with Gasteiger partial charge in [-0.2, -0.15) is 0 Å². The van der Waals surface area contributed by atoms with Gasteiger partial charge in [-0.3, -0.25) is 14.4 Å². The summed E-state index contributed by atoms with van der Waals surface area (Å²) >= 11 is 3.60. The zero-order valence-corrected chi connectivity index (χ0v) is 22.8. The number of aromatic carboxylic acids is 1. The molecule has 39 heavy (non-hydrogen) atoms. The number of Topliss-reactive ketones (excluding diaryl/α,β-unsaturated/α-hetero) is 2. The molecule has 0 atom stereocenters. The highest BCUT2D eigenvalue weighted by molar-refractivity contribution is 9.10. The quantitative estimate of drug-likeness (QED) is 0.405. The lowest BCUT2D eigenvalue weighted by molar-refractivity contribution is -0.137. The van der Waals surface area contributed by atoms with E-state index in [1.807, 2.05) is 23.1 Å². The first kappa shape index (κ1) is 26.9. The van der Waals surface area contributed by atoms with Crippen LogP contribution in [0.3, 0.4) is 0 Å². The summed E-state index contributed by atoms with van der Waals surface area (Å²) in [6.45, 7) is 0.478. The van der Waals surface area contributed by atoms with Gasteiger partial charge in [-0.15, -0.1) is 0 Å². The van der Waals surface area contributed by atoms with Gasteiger partial charge in [0.25, 0.3) is 0 Å². The molecule has 202 valence electrons. The van der Waals surface area contributed by atoms with Gasteiger partial charge in [-0.05, 0) is 77.0 Å². The molecular weight excluding hydrogens is 566 g/mol. The van der Waals surface area contributed by atoms with Gasteiger partial charge in [-0.1, -0.05) is 18.2 Å². The first-order valence-corrected chi connectivity index (χ1v) is 13.8. The van der Waals surface area contributed by atoms with Crippen molar-refractivity contribution in [3.8, 4) is 5.75 Å². The van der Waals surface area contributed by atoms with Crippen LogP contribution < -0.4 is 4.74 Å². The van der Waals surface area contributed by atoms with Crippen molar-refractivity contribution in [2.45, 2.75) is 57.5 Å². The molecule has 9 heteroatoms. The lowest BCUT2D eigenvalue weighted by Gasteiger charge is -2.44. The van der Waals surface area contributed by atoms with Crippen LogP contribution in [0.15, 0.2) is 69.5 Å². The van der Waals surface area contributed by atoms with Crippen LogP contribution in [0.5, 0.6) is 5.75 Å². The summed E-state index contributed by atoms with van der Waals surface area (Å²) < 4.78 is 6.65. The van der Waals surface area contributed by atoms with E-state index >= 15 is 0 Å². The Kier molecular flexibility index (Phi) is 7.70. The van der Waals surface area contributed by atoms with E-state index in [9.17, 15) is 24.3 Å². The maximum absolute atomic E-state index is 13.3. The van der Waals surface area contributed by atoms with Crippen LogP contribution in [0.1, 0.15) is 72.3 Å². The Morgan fingerprint density at radius 3 is 2.05 bits per heavy atom. The number of carbonyl (C=O) groups is 4. The molecule has 0 aromatic heterocycles. The van der Waals surface area contributed by atoms with Crippen molar-refractivity contribution in [3.05, 3.63) is 86.2 Å². The van der Waals surface area contributed by atoms with Gasteiger partial charge >= 0.3 is 11.9 Å². The average molecular weight is 594 g/mol. The number of allylic oxidation sites excluding steroid dienone is 4. The molecule has 8 nitrogen and oxygen atoms in total. The topological polar surface area (TPSA) is 121 Å². The van der Waals surface area contributed by atoms with E-state index in [2.05, 4.69) is 15.9 Å². The summed E-state index contributed by atoms with van der Waals surface area (Å²) in [6, 6.07) is 12.0. The van der Waals surface area contributed by atoms with Crippen molar-refractivity contribution < 1.29 is 34.1 Å². The molecule has 3 aliphatic rings. The Morgan fingerprint density at radius 1 is 0.897 bits per heavy atom. The number of ketones is 2. The molecule has 0 unspecified atom stereocenters. The second-order valence-corrected chi connectivity index (χ2v) is 10.8. The number of nitrogens with zero attached hydrogens (tertiary/aromatic N) is 1. The van der Waals surface area contributed by atoms with Crippen LogP contribution in [0, 0.1) is 0 Å². The Labute approximate surface area is 234 Å². The van der Waals surface area contributed by atoms with Crippen molar-refractivity contribution in [1.29, 1.82) is 0 Å². The van der Waals surface area contributed by atoms with E-state index in [1.165, 1.54) is 12.1 Å². The lowest BCUT2D eigenvalue weighted by Crippen LogP contribution is -2.39. The smallest absolute Gasteiger partial charge is 0.335 e. The third-order valence-corrected chi connectivity index (χ3v) is 8.14. The molecule has 5 rings (SSSR count). The van der Waals surface area contributed by atoms with E-state index in [0.29, 0.717) is 59.9 Å². The largest absolute Gasteiger partial charge is 0.488 e. The predicted molar refractivity (Wildman–Crippen MR) is 145 cm³/mol. The molecule has 0 bridgehead atoms. The lowest BCUT2D eigenvalue weighted by atomic mass is 9.71. The third kappa shape index (κ3) is 5.41. The van der Waals surface area contributed by atoms with Crippen LogP contribution in [-0.2, 0) is 21.0 Å². The zero-order chi connectivity index (χ0) is 27.7. The maximum atomic E-state index is 13.3. The highest BCUT2D eigenvalue weighted by Crippen LogP contribution is 2.49. The van der Waals surface area contributed by atoms with E-state index in [1.54, 1.807) is 12.1 Å². The molecule has 1 heterocycles. The first-order valence-electron chi connectivity index (χ1n) is 13.0. The van der Waals surface area contributed by atoms with Gasteiger partial charge in [0, 0.05) is 47.8 Å². The summed E-state index contributed by atoms with van der Waals surface area (Å²) in [5.74, 6) is -1.81. The van der Waals surface area contributed by atoms with Crippen LogP contribution in [-0.4, -0.2) is 45.2 Å². The van der Waals surface area contributed by atoms with Crippen molar-refractivity contribution in [2.24, 2.45) is 0 Å². The molecule has 0 radical (unpaired) electrons. The standard InChI is InChI=1S/C30H28BrNO7/c31-20-15-19(11-12-25(20)39-16-17-7-9-18(10-8-17)30(37)38)27-28-21(3-1-5-23(28)33)32(14-13-26(35)36)22-4-2-6-24(34)29(22)27/h7-12,15,27H,1-6,13-14,16H2,(H,35,36)(H,37,38). The Hall–Kier alpha value is -3.72. The monoisotopic (exact) mass is 593 g/mol. The minimum atomic E-state index is -0.988. The highest BCUT2D eigenvalue weighted by atomic mass is 79.9. The second-order valence-electron chi connectivity index (χ2n) is 9.98. The summed E-state index contributed by atoms with van der Waals surface area (Å²) in [6.07, 6.45) is 3.49. The molecule has 2 aliphatic carbocycles. The molecule has 2 aromatic rings. The first-order chi connectivity index (χ1) is 18.7. The van der Waals surface area contributed by atoms with Gasteiger partial charge in [0.2, 0.25) is 0 Å². The normalized spacial score (nSPS) is 17.7. The van der Waals surface area contributed by atoms with Crippen molar-refractivity contribution in [1.82, 2.24) is 4.90 Å². The van der Waals surface area contributed by atoms with Crippen molar-refractivity contribution in [3.63, 3.8) is 0 Å². The molecule has 2 aromatic carbocycles. The summed E-state index contributed by atoms with van der Waals surface area (Å²) in [5.41, 5.74) is 4.76. The fourth-order valence-electron chi connectivity index (χ4n) is 5.75. The molecular formula is C30H28BrNO7. The summed E-state index contributed by atoms with van der Waals surface area (Å²) in [5, 5.41) is 18.4. The Bertz CT molecular complexity index is 1380. The minimum absolute atomic E-state index is 0.00718. The second kappa shape index (κ2) is 11.2. The van der Waals surface area contributed by atoms with Crippen LogP contribution in [0.4, 0.5) is 0 Å². The van der Waals surface area contributed by atoms with E-state index < -0.39 is 17.9 Å². The Balaban J connectivity index is 1.48. The van der Waals surface area contributed by atoms with E-state index in [4.69, 9.17) is 9.84 Å². The van der Waals surface area contributed by atoms with Gasteiger partial charge in [0.15, 0.2) is 11.6 Å². The van der Waals surface area contributed by atoms with Gasteiger partial charge in [0.05, 0.1) is 16.5 Å². The van der Waals surface area contributed by atoms with Crippen LogP contribution in [0.2, 0.25) is 0 Å². The highest BCUT2D eigenvalue weighted by Gasteiger charge is 2.43. The number of carboxylic acid groups (broad SMARTS) is 2. The van der Waals surface area contributed by atoms with Gasteiger partial charge in [0.1, 0.15) is 12.4 Å². The predicted octanol–water partition coefficient (Wildman–Crippen LogP) is 5.61. The third-order valence-electron chi connectivity index (χ3n) is 7.52. The fourth-order valence-corrected chi connectivity index (χ4v) is 6.26. The van der Waals surface area contributed by atoms with Gasteiger partial charge < -0.3 is 19.8 Å². The minimum Gasteiger partial charge on any atom is -0.488 e. The van der Waals surface area contributed by atoms with Crippen LogP contribution in [0.25, 0.3) is 0 Å². The Morgan fingerprint density at radius 2 is 1.51 bits per heavy atom. The number of hydrogen-bond donors (Lipinski definition) is 2. The van der Waals surface area contributed by atoms with Crippen molar-refractivity contribution in [2.75, 3.05) is 6.54 Å². The SMILES string of the molecule is O=C(O)CCN1C2=C(C(=O)CCC2)C(c2ccc(OCc3ccc(C(=O)O)cc3)c(Br)c2)C2=C1CCCC2=O. The molecule has 0 fully saturated rings. The van der Waals surface area contributed by atoms with Gasteiger partial charge in [-0.25, -0.2) is 4.79 Å². The molecule has 0 amide bonds. The number of rotatable bonds is 8. The molecule has 2 N–H and O–H groups in total. The maximum Gasteiger partial charge on any atom is 0.335 e.